The van der Waals surface area contributed by atoms with Crippen molar-refractivity contribution in [2.24, 2.45) is 5.73 Å². The highest BCUT2D eigenvalue weighted by atomic mass is 79.9. The Balaban J connectivity index is 1.89. The van der Waals surface area contributed by atoms with Crippen molar-refractivity contribution < 1.29 is 9.18 Å². The highest BCUT2D eigenvalue weighted by Gasteiger charge is 2.13. The molecule has 130 valence electrons. The van der Waals surface area contributed by atoms with Crippen molar-refractivity contribution in [3.8, 4) is 11.4 Å². The Morgan fingerprint density at radius 3 is 2.88 bits per heavy atom. The van der Waals surface area contributed by atoms with Crippen molar-refractivity contribution in [3.63, 3.8) is 0 Å². The molecule has 1 aromatic heterocycles. The summed E-state index contributed by atoms with van der Waals surface area (Å²) in [5.41, 5.74) is 7.81. The zero-order chi connectivity index (χ0) is 18.0. The molecule has 5 nitrogen and oxygen atoms in total. The Morgan fingerprint density at radius 2 is 2.16 bits per heavy atom. The van der Waals surface area contributed by atoms with Gasteiger partial charge in [0.05, 0.1) is 16.1 Å². The van der Waals surface area contributed by atoms with Crippen molar-refractivity contribution in [2.75, 3.05) is 13.1 Å². The fourth-order valence-electron chi connectivity index (χ4n) is 2.39. The number of rotatable bonds is 5. The second-order valence-corrected chi connectivity index (χ2v) is 6.72. The summed E-state index contributed by atoms with van der Waals surface area (Å²) in [4.78, 5) is 19.6. The van der Waals surface area contributed by atoms with Gasteiger partial charge in [-0.2, -0.15) is 0 Å². The molecule has 3 aromatic rings. The zero-order valence-corrected chi connectivity index (χ0v) is 15.4. The largest absolute Gasteiger partial charge is 0.352 e. The average Bonchev–Trinajstić information content (AvgIpc) is 2.97. The number of halogens is 3. The Kier molecular flexibility index (Phi) is 5.36. The third kappa shape index (κ3) is 3.84. The fourth-order valence-corrected chi connectivity index (χ4v) is 3.11. The number of nitrogens with two attached hydrogens (primary N) is 1. The first-order valence-electron chi connectivity index (χ1n) is 7.62. The number of benzene rings is 2. The van der Waals surface area contributed by atoms with Crippen molar-refractivity contribution in [2.45, 2.75) is 6.42 Å². The molecule has 25 heavy (non-hydrogen) atoms. The van der Waals surface area contributed by atoms with Gasteiger partial charge in [-0.25, -0.2) is 9.37 Å². The van der Waals surface area contributed by atoms with Crippen LogP contribution in [0.2, 0.25) is 5.02 Å². The first-order chi connectivity index (χ1) is 12.0. The SMILES string of the molecule is NCCCNC(=O)c1ccc(-c2nc3cc(Cl)c(F)cc3[nH]2)c(Br)c1. The van der Waals surface area contributed by atoms with E-state index in [9.17, 15) is 9.18 Å². The van der Waals surface area contributed by atoms with Crippen LogP contribution in [0.3, 0.4) is 0 Å². The molecule has 1 heterocycles. The molecule has 0 saturated heterocycles. The van der Waals surface area contributed by atoms with Gasteiger partial charge >= 0.3 is 0 Å². The normalized spacial score (nSPS) is 11.0. The molecule has 0 aliphatic carbocycles. The van der Waals surface area contributed by atoms with E-state index >= 15 is 0 Å². The Bertz CT molecular complexity index is 905. The van der Waals surface area contributed by atoms with Crippen molar-refractivity contribution in [1.29, 1.82) is 0 Å². The van der Waals surface area contributed by atoms with Crippen LogP contribution in [0, 0.1) is 5.82 Å². The highest BCUT2D eigenvalue weighted by molar-refractivity contribution is 9.10. The molecular weight excluding hydrogens is 411 g/mol. The Hall–Kier alpha value is -1.96. The molecule has 0 aliphatic rings. The van der Waals surface area contributed by atoms with Crippen LogP contribution >= 0.6 is 27.5 Å². The third-order valence-corrected chi connectivity index (χ3v) is 4.62. The fraction of sp³-hybridized carbons (Fsp3) is 0.176. The molecule has 2 aromatic carbocycles. The number of imidazole rings is 1. The minimum atomic E-state index is -0.507. The topological polar surface area (TPSA) is 83.8 Å². The van der Waals surface area contributed by atoms with E-state index in [0.29, 0.717) is 40.0 Å². The second-order valence-electron chi connectivity index (χ2n) is 5.46. The van der Waals surface area contributed by atoms with Crippen LogP contribution in [0.25, 0.3) is 22.4 Å². The summed E-state index contributed by atoms with van der Waals surface area (Å²) < 4.78 is 14.3. The molecule has 3 rings (SSSR count). The lowest BCUT2D eigenvalue weighted by molar-refractivity contribution is 0.0953. The first kappa shape index (κ1) is 17.8. The number of carbonyl (C=O) groups is 1. The number of nitrogens with zero attached hydrogens (tertiary/aromatic N) is 1. The smallest absolute Gasteiger partial charge is 0.251 e. The molecule has 0 bridgehead atoms. The van der Waals surface area contributed by atoms with Crippen LogP contribution in [0.5, 0.6) is 0 Å². The van der Waals surface area contributed by atoms with E-state index in [0.717, 1.165) is 12.0 Å². The molecule has 0 atom stereocenters. The van der Waals surface area contributed by atoms with Crippen LogP contribution in [-0.4, -0.2) is 29.0 Å². The standard InChI is InChI=1S/C17H15BrClFN4O/c18-11-6-9(17(25)22-5-1-4-21)2-3-10(11)16-23-14-7-12(19)13(20)8-15(14)24-16/h2-3,6-8H,1,4-5,21H2,(H,22,25)(H,23,24). The molecule has 1 amide bonds. The predicted octanol–water partition coefficient (Wildman–Crippen LogP) is 3.86. The van der Waals surface area contributed by atoms with Gasteiger partial charge in [-0.15, -0.1) is 0 Å². The molecule has 0 aliphatic heterocycles. The lowest BCUT2D eigenvalue weighted by Gasteiger charge is -2.07. The predicted molar refractivity (Wildman–Crippen MR) is 100 cm³/mol. The van der Waals surface area contributed by atoms with Gasteiger partial charge in [0, 0.05) is 28.2 Å². The number of hydrogen-bond donors (Lipinski definition) is 3. The number of aromatic nitrogens is 2. The van der Waals surface area contributed by atoms with Gasteiger partial charge in [0.2, 0.25) is 0 Å². The molecule has 4 N–H and O–H groups in total. The van der Waals surface area contributed by atoms with Crippen LogP contribution in [0.15, 0.2) is 34.8 Å². The molecular formula is C17H15BrClFN4O. The van der Waals surface area contributed by atoms with Crippen LogP contribution in [0.4, 0.5) is 4.39 Å². The Labute approximate surface area is 156 Å². The van der Waals surface area contributed by atoms with Crippen molar-refractivity contribution in [1.82, 2.24) is 15.3 Å². The van der Waals surface area contributed by atoms with Gasteiger partial charge < -0.3 is 16.0 Å². The zero-order valence-electron chi connectivity index (χ0n) is 13.1. The van der Waals surface area contributed by atoms with E-state index in [2.05, 4.69) is 31.2 Å². The first-order valence-corrected chi connectivity index (χ1v) is 8.79. The maximum absolute atomic E-state index is 13.6. The molecule has 0 radical (unpaired) electrons. The minimum Gasteiger partial charge on any atom is -0.352 e. The lowest BCUT2D eigenvalue weighted by Crippen LogP contribution is -2.25. The minimum absolute atomic E-state index is 0.0223. The summed E-state index contributed by atoms with van der Waals surface area (Å²) >= 11 is 9.25. The van der Waals surface area contributed by atoms with E-state index in [1.807, 2.05) is 0 Å². The van der Waals surface area contributed by atoms with Crippen LogP contribution < -0.4 is 11.1 Å². The van der Waals surface area contributed by atoms with E-state index in [1.54, 1.807) is 18.2 Å². The molecule has 0 saturated carbocycles. The average molecular weight is 426 g/mol. The monoisotopic (exact) mass is 424 g/mol. The Morgan fingerprint density at radius 1 is 1.36 bits per heavy atom. The highest BCUT2D eigenvalue weighted by Crippen LogP contribution is 2.30. The molecule has 0 fully saturated rings. The number of hydrogen-bond acceptors (Lipinski definition) is 3. The lowest BCUT2D eigenvalue weighted by atomic mass is 10.1. The summed E-state index contributed by atoms with van der Waals surface area (Å²) in [5.74, 6) is -0.120. The number of aromatic amines is 1. The third-order valence-electron chi connectivity index (χ3n) is 3.68. The summed E-state index contributed by atoms with van der Waals surface area (Å²) in [6.07, 6.45) is 0.725. The van der Waals surface area contributed by atoms with Crippen molar-refractivity contribution >= 4 is 44.5 Å². The number of fused-ring (bicyclic) bond motifs is 1. The van der Waals surface area contributed by atoms with Gasteiger partial charge in [0.1, 0.15) is 11.6 Å². The molecule has 0 unspecified atom stereocenters. The number of nitrogens with one attached hydrogen (secondary N) is 2. The number of amides is 1. The van der Waals surface area contributed by atoms with Gasteiger partial charge in [-0.1, -0.05) is 27.5 Å². The summed E-state index contributed by atoms with van der Waals surface area (Å²) in [5, 5.41) is 2.82. The van der Waals surface area contributed by atoms with Gasteiger partial charge in [-0.3, -0.25) is 4.79 Å². The van der Waals surface area contributed by atoms with Gasteiger partial charge in [0.15, 0.2) is 0 Å². The number of carbonyl (C=O) groups excluding carboxylic acids is 1. The van der Waals surface area contributed by atoms with E-state index in [-0.39, 0.29) is 10.9 Å². The summed E-state index contributed by atoms with van der Waals surface area (Å²) in [7, 11) is 0. The van der Waals surface area contributed by atoms with Gasteiger partial charge in [0.25, 0.3) is 5.91 Å². The quantitative estimate of drug-likeness (QED) is 0.543. The summed E-state index contributed by atoms with van der Waals surface area (Å²) in [6.45, 7) is 1.06. The maximum atomic E-state index is 13.6. The van der Waals surface area contributed by atoms with E-state index in [4.69, 9.17) is 17.3 Å². The second kappa shape index (κ2) is 7.51. The number of H-pyrrole nitrogens is 1. The maximum Gasteiger partial charge on any atom is 0.251 e. The van der Waals surface area contributed by atoms with Crippen molar-refractivity contribution in [3.05, 3.63) is 51.2 Å². The van der Waals surface area contributed by atoms with Gasteiger partial charge in [-0.05, 0) is 37.2 Å². The summed E-state index contributed by atoms with van der Waals surface area (Å²) in [6, 6.07) is 7.98. The molecule has 8 heteroatoms. The van der Waals surface area contributed by atoms with Crippen LogP contribution in [-0.2, 0) is 0 Å². The van der Waals surface area contributed by atoms with E-state index in [1.165, 1.54) is 12.1 Å². The molecule has 0 spiro atoms. The van der Waals surface area contributed by atoms with Crippen LogP contribution in [0.1, 0.15) is 16.8 Å². The van der Waals surface area contributed by atoms with E-state index < -0.39 is 5.82 Å².